The number of hydrogen-bond acceptors (Lipinski definition) is 5. The molecule has 8 nitrogen and oxygen atoms in total. The van der Waals surface area contributed by atoms with Crippen LogP contribution >= 0.6 is 23.2 Å². The van der Waals surface area contributed by atoms with E-state index in [0.717, 1.165) is 0 Å². The number of ether oxygens (including phenoxy) is 1. The highest BCUT2D eigenvalue weighted by Gasteiger charge is 2.23. The second-order valence-electron chi connectivity index (χ2n) is 5.97. The number of anilines is 1. The van der Waals surface area contributed by atoms with E-state index in [0.29, 0.717) is 17.7 Å². The Balaban J connectivity index is 2.23. The zero-order chi connectivity index (χ0) is 20.1. The Morgan fingerprint density at radius 2 is 2.07 bits per heavy atom. The summed E-state index contributed by atoms with van der Waals surface area (Å²) in [6, 6.07) is 1.17. The van der Waals surface area contributed by atoms with Gasteiger partial charge in [0.2, 0.25) is 5.91 Å². The number of oxazole rings is 1. The van der Waals surface area contributed by atoms with Gasteiger partial charge in [0.15, 0.2) is 17.9 Å². The van der Waals surface area contributed by atoms with Crippen LogP contribution in [0, 0.1) is 5.92 Å². The van der Waals surface area contributed by atoms with Crippen molar-refractivity contribution in [2.24, 2.45) is 5.92 Å². The molecule has 1 aromatic heterocycles. The Kier molecular flexibility index (Phi) is 6.92. The third kappa shape index (κ3) is 5.05. The number of aromatic nitrogens is 1. The molecule has 27 heavy (non-hydrogen) atoms. The summed E-state index contributed by atoms with van der Waals surface area (Å²) in [7, 11) is 1.43. The lowest BCUT2D eigenvalue weighted by Gasteiger charge is -2.19. The second kappa shape index (κ2) is 8.96. The number of amides is 2. The van der Waals surface area contributed by atoms with Crippen LogP contribution in [0.2, 0.25) is 10.0 Å². The topological polar surface area (TPSA) is 114 Å². The van der Waals surface area contributed by atoms with Gasteiger partial charge in [-0.2, -0.15) is 0 Å². The van der Waals surface area contributed by atoms with E-state index in [9.17, 15) is 9.59 Å². The third-order valence-electron chi connectivity index (χ3n) is 3.85. The van der Waals surface area contributed by atoms with E-state index in [1.807, 2.05) is 0 Å². The molecule has 2 aromatic rings. The Morgan fingerprint density at radius 1 is 1.37 bits per heavy atom. The van der Waals surface area contributed by atoms with Gasteiger partial charge in [-0.3, -0.25) is 4.79 Å². The summed E-state index contributed by atoms with van der Waals surface area (Å²) in [6.45, 7) is 3.35. The predicted octanol–water partition coefficient (Wildman–Crippen LogP) is 4.28. The first-order valence-corrected chi connectivity index (χ1v) is 8.75. The van der Waals surface area contributed by atoms with Crippen molar-refractivity contribution in [3.05, 3.63) is 28.7 Å². The molecular weight excluding hydrogens is 397 g/mol. The Labute approximate surface area is 165 Å². The molecule has 2 rings (SSSR count). The molecule has 0 bridgehead atoms. The van der Waals surface area contributed by atoms with Crippen molar-refractivity contribution >= 4 is 40.9 Å². The fourth-order valence-corrected chi connectivity index (χ4v) is 3.23. The average Bonchev–Trinajstić information content (AvgIpc) is 3.11. The van der Waals surface area contributed by atoms with E-state index in [-0.39, 0.29) is 27.4 Å². The number of carboxylic acid groups (broad SMARTS) is 1. The molecule has 146 valence electrons. The predicted molar refractivity (Wildman–Crippen MR) is 102 cm³/mol. The van der Waals surface area contributed by atoms with Crippen LogP contribution < -0.4 is 15.4 Å². The smallest absolute Gasteiger partial charge is 0.404 e. The lowest BCUT2D eigenvalue weighted by Crippen LogP contribution is -2.34. The molecule has 0 fully saturated rings. The number of hydrogen-bond donors (Lipinski definition) is 3. The first-order valence-electron chi connectivity index (χ1n) is 7.99. The van der Waals surface area contributed by atoms with Crippen LogP contribution in [0.25, 0.3) is 11.3 Å². The molecule has 2 unspecified atom stereocenters. The van der Waals surface area contributed by atoms with Crippen LogP contribution in [-0.4, -0.2) is 35.2 Å². The highest BCUT2D eigenvalue weighted by Crippen LogP contribution is 2.45. The molecule has 0 aliphatic heterocycles. The molecular formula is C17H19Cl2N3O5. The average molecular weight is 416 g/mol. The maximum atomic E-state index is 12.5. The lowest BCUT2D eigenvalue weighted by atomic mass is 10.0. The SMILES string of the molecule is COc1c(-c2cnco2)cc(Cl)c(NC(=O)C(C)CC(C)NC(=O)O)c1Cl. The summed E-state index contributed by atoms with van der Waals surface area (Å²) in [4.78, 5) is 27.0. The van der Waals surface area contributed by atoms with Crippen molar-refractivity contribution in [3.63, 3.8) is 0 Å². The number of benzene rings is 1. The van der Waals surface area contributed by atoms with Gasteiger partial charge >= 0.3 is 6.09 Å². The van der Waals surface area contributed by atoms with Crippen molar-refractivity contribution in [2.75, 3.05) is 12.4 Å². The number of halogens is 2. The van der Waals surface area contributed by atoms with Crippen molar-refractivity contribution in [2.45, 2.75) is 26.3 Å². The van der Waals surface area contributed by atoms with Gasteiger partial charge in [0, 0.05) is 12.0 Å². The van der Waals surface area contributed by atoms with Gasteiger partial charge in [-0.05, 0) is 19.4 Å². The summed E-state index contributed by atoms with van der Waals surface area (Å²) in [6.07, 6.45) is 1.91. The molecule has 0 saturated heterocycles. The molecule has 2 amide bonds. The van der Waals surface area contributed by atoms with Crippen LogP contribution in [-0.2, 0) is 4.79 Å². The van der Waals surface area contributed by atoms with Crippen LogP contribution in [0.15, 0.2) is 23.1 Å². The normalized spacial score (nSPS) is 12.9. The van der Waals surface area contributed by atoms with Crippen molar-refractivity contribution < 1.29 is 23.8 Å². The summed E-state index contributed by atoms with van der Waals surface area (Å²) >= 11 is 12.7. The molecule has 0 aliphatic rings. The lowest BCUT2D eigenvalue weighted by molar-refractivity contribution is -0.119. The van der Waals surface area contributed by atoms with Gasteiger partial charge in [0.25, 0.3) is 0 Å². The number of methoxy groups -OCH3 is 1. The minimum absolute atomic E-state index is 0.119. The fraction of sp³-hybridized carbons (Fsp3) is 0.353. The van der Waals surface area contributed by atoms with Crippen molar-refractivity contribution in [3.8, 4) is 17.1 Å². The number of carbonyl (C=O) groups is 2. The second-order valence-corrected chi connectivity index (χ2v) is 6.76. The molecule has 0 saturated carbocycles. The molecule has 0 spiro atoms. The summed E-state index contributed by atoms with van der Waals surface area (Å²) < 4.78 is 10.6. The highest BCUT2D eigenvalue weighted by atomic mass is 35.5. The minimum atomic E-state index is -1.14. The zero-order valence-electron chi connectivity index (χ0n) is 14.9. The van der Waals surface area contributed by atoms with Crippen molar-refractivity contribution in [1.82, 2.24) is 10.3 Å². The number of carbonyl (C=O) groups excluding carboxylic acids is 1. The van der Waals surface area contributed by atoms with Gasteiger partial charge in [0.05, 0.1) is 29.6 Å². The van der Waals surface area contributed by atoms with E-state index in [2.05, 4.69) is 15.6 Å². The first kappa shape index (κ1) is 20.9. The Hall–Kier alpha value is -2.45. The number of nitrogens with zero attached hydrogens (tertiary/aromatic N) is 1. The molecule has 2 atom stereocenters. The quantitative estimate of drug-likeness (QED) is 0.621. The Bertz CT molecular complexity index is 826. The third-order valence-corrected chi connectivity index (χ3v) is 4.51. The van der Waals surface area contributed by atoms with Crippen LogP contribution in [0.5, 0.6) is 5.75 Å². The molecule has 1 aromatic carbocycles. The van der Waals surface area contributed by atoms with Gasteiger partial charge in [0.1, 0.15) is 5.02 Å². The van der Waals surface area contributed by atoms with Crippen LogP contribution in [0.3, 0.4) is 0 Å². The van der Waals surface area contributed by atoms with E-state index >= 15 is 0 Å². The van der Waals surface area contributed by atoms with E-state index in [4.69, 9.17) is 37.5 Å². The monoisotopic (exact) mass is 415 g/mol. The summed E-state index contributed by atoms with van der Waals surface area (Å²) in [5, 5.41) is 14.0. The largest absolute Gasteiger partial charge is 0.494 e. The van der Waals surface area contributed by atoms with Gasteiger partial charge in [-0.25, -0.2) is 9.78 Å². The fourth-order valence-electron chi connectivity index (χ4n) is 2.60. The van der Waals surface area contributed by atoms with Crippen LogP contribution in [0.4, 0.5) is 10.5 Å². The minimum Gasteiger partial charge on any atom is -0.494 e. The first-order chi connectivity index (χ1) is 12.7. The molecule has 1 heterocycles. The summed E-state index contributed by atoms with van der Waals surface area (Å²) in [5.41, 5.74) is 0.699. The standard InChI is InChI=1S/C17H19Cl2N3O5/c1-8(4-9(2)21-17(24)25)16(23)22-14-11(18)5-10(12-6-20-7-27-12)15(26-3)13(14)19/h5-9,21H,4H2,1-3H3,(H,22,23)(H,24,25). The molecule has 0 aliphatic carbocycles. The molecule has 10 heteroatoms. The van der Waals surface area contributed by atoms with Gasteiger partial charge in [-0.15, -0.1) is 0 Å². The van der Waals surface area contributed by atoms with E-state index in [1.165, 1.54) is 19.7 Å². The Morgan fingerprint density at radius 3 is 2.63 bits per heavy atom. The van der Waals surface area contributed by atoms with Crippen LogP contribution in [0.1, 0.15) is 20.3 Å². The van der Waals surface area contributed by atoms with Gasteiger partial charge in [-0.1, -0.05) is 30.1 Å². The van der Waals surface area contributed by atoms with Gasteiger partial charge < -0.3 is 24.9 Å². The number of nitrogens with one attached hydrogen (secondary N) is 2. The van der Waals surface area contributed by atoms with E-state index < -0.39 is 18.1 Å². The van der Waals surface area contributed by atoms with E-state index in [1.54, 1.807) is 19.9 Å². The summed E-state index contributed by atoms with van der Waals surface area (Å²) in [5.74, 6) is -0.150. The molecule has 3 N–H and O–H groups in total. The highest BCUT2D eigenvalue weighted by molar-refractivity contribution is 6.41. The zero-order valence-corrected chi connectivity index (χ0v) is 16.4. The molecule has 0 radical (unpaired) electrons. The maximum Gasteiger partial charge on any atom is 0.404 e. The number of rotatable bonds is 7. The maximum absolute atomic E-state index is 12.5. The van der Waals surface area contributed by atoms with Crippen molar-refractivity contribution in [1.29, 1.82) is 0 Å².